The summed E-state index contributed by atoms with van der Waals surface area (Å²) in [4.78, 5) is 12.9. The van der Waals surface area contributed by atoms with Crippen LogP contribution in [0.15, 0.2) is 0 Å². The zero-order chi connectivity index (χ0) is 10.2. The second kappa shape index (κ2) is 3.46. The van der Waals surface area contributed by atoms with Crippen LogP contribution in [-0.4, -0.2) is 42.4 Å². The molecule has 3 nitrogen and oxygen atoms in total. The lowest BCUT2D eigenvalue weighted by molar-refractivity contribution is -0.133. The Kier molecular flexibility index (Phi) is 2.43. The predicted molar refractivity (Wildman–Crippen MR) is 47.2 cm³/mol. The van der Waals surface area contributed by atoms with Crippen LogP contribution in [0.25, 0.3) is 0 Å². The fourth-order valence-corrected chi connectivity index (χ4v) is 2.04. The van der Waals surface area contributed by atoms with E-state index in [-0.39, 0.29) is 24.9 Å². The molecule has 80 valence electrons. The molecule has 0 aliphatic carbocycles. The van der Waals surface area contributed by atoms with Crippen molar-refractivity contribution >= 4 is 5.91 Å². The minimum Gasteiger partial charge on any atom is -0.335 e. The Labute approximate surface area is 81.4 Å². The third-order valence-corrected chi connectivity index (χ3v) is 2.84. The maximum atomic E-state index is 12.8. The molecule has 0 radical (unpaired) electrons. The normalized spacial score (nSPS) is 31.0. The van der Waals surface area contributed by atoms with Crippen molar-refractivity contribution in [2.45, 2.75) is 31.2 Å². The van der Waals surface area contributed by atoms with Gasteiger partial charge in [-0.15, -0.1) is 0 Å². The minimum atomic E-state index is -2.67. The second-order valence-corrected chi connectivity index (χ2v) is 4.01. The molecule has 2 aliphatic heterocycles. The summed E-state index contributed by atoms with van der Waals surface area (Å²) in [5, 5.41) is 3.02. The Balaban J connectivity index is 1.92. The zero-order valence-electron chi connectivity index (χ0n) is 7.93. The molecule has 2 aliphatic rings. The molecule has 0 saturated carbocycles. The number of alkyl halides is 2. The summed E-state index contributed by atoms with van der Waals surface area (Å²) in [5.74, 6) is -2.83. The lowest BCUT2D eigenvalue weighted by Gasteiger charge is -2.20. The standard InChI is InChI=1S/C9H14F2N2O/c10-9(11)3-5-13(6-9)8(14)7-2-1-4-12-7/h7,12H,1-6H2/t7-/m1/s1. The number of hydrogen-bond acceptors (Lipinski definition) is 2. The van der Waals surface area contributed by atoms with Gasteiger partial charge in [-0.3, -0.25) is 4.79 Å². The summed E-state index contributed by atoms with van der Waals surface area (Å²) in [7, 11) is 0. The van der Waals surface area contributed by atoms with Gasteiger partial charge in [-0.1, -0.05) is 0 Å². The molecule has 0 aromatic carbocycles. The Hall–Kier alpha value is -0.710. The van der Waals surface area contributed by atoms with Crippen LogP contribution in [0.1, 0.15) is 19.3 Å². The van der Waals surface area contributed by atoms with Crippen LogP contribution >= 0.6 is 0 Å². The number of carbonyl (C=O) groups excluding carboxylic acids is 1. The fourth-order valence-electron chi connectivity index (χ4n) is 2.04. The van der Waals surface area contributed by atoms with Crippen molar-refractivity contribution in [3.8, 4) is 0 Å². The molecular weight excluding hydrogens is 190 g/mol. The van der Waals surface area contributed by atoms with E-state index in [1.807, 2.05) is 0 Å². The molecular formula is C9H14F2N2O. The summed E-state index contributed by atoms with van der Waals surface area (Å²) in [6, 6.07) is -0.219. The van der Waals surface area contributed by atoms with E-state index in [1.165, 1.54) is 4.90 Å². The second-order valence-electron chi connectivity index (χ2n) is 4.01. The molecule has 0 unspecified atom stereocenters. The first-order chi connectivity index (χ1) is 6.58. The average molecular weight is 204 g/mol. The summed E-state index contributed by atoms with van der Waals surface area (Å²) < 4.78 is 25.7. The summed E-state index contributed by atoms with van der Waals surface area (Å²) >= 11 is 0. The number of nitrogens with one attached hydrogen (secondary N) is 1. The van der Waals surface area contributed by atoms with Gasteiger partial charge in [0.25, 0.3) is 5.92 Å². The molecule has 2 saturated heterocycles. The van der Waals surface area contributed by atoms with Crippen molar-refractivity contribution in [3.05, 3.63) is 0 Å². The monoisotopic (exact) mass is 204 g/mol. The lowest BCUT2D eigenvalue weighted by atomic mass is 10.2. The first kappa shape index (κ1) is 9.83. The van der Waals surface area contributed by atoms with Gasteiger partial charge in [-0.2, -0.15) is 0 Å². The topological polar surface area (TPSA) is 32.3 Å². The Morgan fingerprint density at radius 1 is 1.50 bits per heavy atom. The van der Waals surface area contributed by atoms with Gasteiger partial charge in [0.1, 0.15) is 0 Å². The van der Waals surface area contributed by atoms with E-state index in [2.05, 4.69) is 5.32 Å². The number of hydrogen-bond donors (Lipinski definition) is 1. The van der Waals surface area contributed by atoms with E-state index in [0.717, 1.165) is 19.4 Å². The van der Waals surface area contributed by atoms with Crippen molar-refractivity contribution in [2.24, 2.45) is 0 Å². The van der Waals surface area contributed by atoms with E-state index in [0.29, 0.717) is 0 Å². The zero-order valence-corrected chi connectivity index (χ0v) is 7.93. The van der Waals surface area contributed by atoms with Crippen LogP contribution in [-0.2, 0) is 4.79 Å². The van der Waals surface area contributed by atoms with Gasteiger partial charge in [-0.25, -0.2) is 8.78 Å². The van der Waals surface area contributed by atoms with E-state index in [9.17, 15) is 13.6 Å². The van der Waals surface area contributed by atoms with Crippen molar-refractivity contribution in [3.63, 3.8) is 0 Å². The molecule has 0 aromatic rings. The van der Waals surface area contributed by atoms with Crippen LogP contribution in [0.3, 0.4) is 0 Å². The number of amides is 1. The smallest absolute Gasteiger partial charge is 0.267 e. The van der Waals surface area contributed by atoms with Crippen LogP contribution < -0.4 is 5.32 Å². The molecule has 2 heterocycles. The van der Waals surface area contributed by atoms with Crippen LogP contribution in [0.2, 0.25) is 0 Å². The highest BCUT2D eigenvalue weighted by molar-refractivity contribution is 5.82. The average Bonchev–Trinajstić information content (AvgIpc) is 2.72. The largest absolute Gasteiger partial charge is 0.335 e. The summed E-state index contributed by atoms with van der Waals surface area (Å²) in [5.41, 5.74) is 0. The molecule has 14 heavy (non-hydrogen) atoms. The first-order valence-corrected chi connectivity index (χ1v) is 4.98. The Morgan fingerprint density at radius 3 is 2.79 bits per heavy atom. The summed E-state index contributed by atoms with van der Waals surface area (Å²) in [6.07, 6.45) is 1.55. The van der Waals surface area contributed by atoms with Gasteiger partial charge in [0.05, 0.1) is 12.6 Å². The van der Waals surface area contributed by atoms with E-state index in [1.54, 1.807) is 0 Å². The number of halogens is 2. The van der Waals surface area contributed by atoms with Gasteiger partial charge < -0.3 is 10.2 Å². The highest BCUT2D eigenvalue weighted by Crippen LogP contribution is 2.27. The van der Waals surface area contributed by atoms with Crippen molar-refractivity contribution < 1.29 is 13.6 Å². The molecule has 1 N–H and O–H groups in total. The summed E-state index contributed by atoms with van der Waals surface area (Å²) in [6.45, 7) is 0.620. The first-order valence-electron chi connectivity index (χ1n) is 4.98. The number of rotatable bonds is 1. The van der Waals surface area contributed by atoms with Gasteiger partial charge in [0.2, 0.25) is 5.91 Å². The van der Waals surface area contributed by atoms with Gasteiger partial charge in [0.15, 0.2) is 0 Å². The Bertz CT molecular complexity index is 239. The molecule has 2 rings (SSSR count). The van der Waals surface area contributed by atoms with Crippen molar-refractivity contribution in [1.29, 1.82) is 0 Å². The molecule has 0 spiro atoms. The maximum absolute atomic E-state index is 12.8. The number of likely N-dealkylation sites (tertiary alicyclic amines) is 1. The molecule has 1 amide bonds. The number of nitrogens with zero attached hydrogens (tertiary/aromatic N) is 1. The predicted octanol–water partition coefficient (Wildman–Crippen LogP) is 0.606. The third-order valence-electron chi connectivity index (χ3n) is 2.84. The van der Waals surface area contributed by atoms with Crippen LogP contribution in [0.4, 0.5) is 8.78 Å². The van der Waals surface area contributed by atoms with Gasteiger partial charge in [0, 0.05) is 13.0 Å². The van der Waals surface area contributed by atoms with Crippen molar-refractivity contribution in [1.82, 2.24) is 10.2 Å². The molecule has 5 heteroatoms. The fraction of sp³-hybridized carbons (Fsp3) is 0.889. The van der Waals surface area contributed by atoms with Gasteiger partial charge >= 0.3 is 0 Å². The van der Waals surface area contributed by atoms with E-state index < -0.39 is 12.5 Å². The van der Waals surface area contributed by atoms with Crippen molar-refractivity contribution in [2.75, 3.05) is 19.6 Å². The van der Waals surface area contributed by atoms with Gasteiger partial charge in [-0.05, 0) is 19.4 Å². The highest BCUT2D eigenvalue weighted by atomic mass is 19.3. The van der Waals surface area contributed by atoms with E-state index >= 15 is 0 Å². The lowest BCUT2D eigenvalue weighted by Crippen LogP contribution is -2.43. The van der Waals surface area contributed by atoms with Crippen LogP contribution in [0.5, 0.6) is 0 Å². The molecule has 1 atom stereocenters. The SMILES string of the molecule is O=C([C@H]1CCCN1)N1CCC(F)(F)C1. The quantitative estimate of drug-likeness (QED) is 0.678. The minimum absolute atomic E-state index is 0.153. The molecule has 2 fully saturated rings. The number of carbonyl (C=O) groups is 1. The Morgan fingerprint density at radius 2 is 2.29 bits per heavy atom. The third kappa shape index (κ3) is 1.87. The maximum Gasteiger partial charge on any atom is 0.267 e. The van der Waals surface area contributed by atoms with E-state index in [4.69, 9.17) is 0 Å². The highest BCUT2D eigenvalue weighted by Gasteiger charge is 2.42. The van der Waals surface area contributed by atoms with Crippen LogP contribution in [0, 0.1) is 0 Å². The molecule has 0 aromatic heterocycles. The molecule has 0 bridgehead atoms.